The van der Waals surface area contributed by atoms with Gasteiger partial charge in [0.1, 0.15) is 28.6 Å². The summed E-state index contributed by atoms with van der Waals surface area (Å²) in [4.78, 5) is 10.9. The van der Waals surface area contributed by atoms with Crippen molar-refractivity contribution < 1.29 is 21.6 Å². The number of sulfone groups is 1. The molecule has 3 aromatic rings. The summed E-state index contributed by atoms with van der Waals surface area (Å²) in [5, 5.41) is 7.76. The number of halogens is 4. The Bertz CT molecular complexity index is 1150. The summed E-state index contributed by atoms with van der Waals surface area (Å²) in [6.07, 6.45) is -3.90. The van der Waals surface area contributed by atoms with Gasteiger partial charge in [-0.15, -0.1) is 10.2 Å². The van der Waals surface area contributed by atoms with Gasteiger partial charge >= 0.3 is 6.18 Å². The Morgan fingerprint density at radius 2 is 1.82 bits per heavy atom. The van der Waals surface area contributed by atoms with E-state index in [2.05, 4.69) is 25.1 Å². The summed E-state index contributed by atoms with van der Waals surface area (Å²) in [6, 6.07) is 3.35. The lowest BCUT2D eigenvalue weighted by atomic mass is 10.3. The molecule has 0 saturated heterocycles. The number of rotatable bonds is 4. The van der Waals surface area contributed by atoms with Gasteiger partial charge in [-0.1, -0.05) is 18.5 Å². The van der Waals surface area contributed by atoms with Crippen molar-refractivity contribution in [1.82, 2.24) is 29.7 Å². The van der Waals surface area contributed by atoms with E-state index in [9.17, 15) is 21.6 Å². The SMILES string of the molecule is CCS(=O)(=O)c1ccc(Cl)nc1-c1nnc(-c2cc(C(F)(F)F)ncn2)n1C. The minimum absolute atomic E-state index is 0.0108. The van der Waals surface area contributed by atoms with E-state index in [-0.39, 0.29) is 38.8 Å². The van der Waals surface area contributed by atoms with Gasteiger partial charge in [0.25, 0.3) is 0 Å². The van der Waals surface area contributed by atoms with Crippen molar-refractivity contribution in [3.05, 3.63) is 35.4 Å². The fourth-order valence-corrected chi connectivity index (χ4v) is 3.55. The van der Waals surface area contributed by atoms with Gasteiger partial charge in [-0.25, -0.2) is 23.4 Å². The van der Waals surface area contributed by atoms with E-state index in [1.807, 2.05) is 0 Å². The third-order valence-electron chi connectivity index (χ3n) is 3.81. The molecule has 0 unspecified atom stereocenters. The highest BCUT2D eigenvalue weighted by atomic mass is 35.5. The molecular weight excluding hydrogens is 421 g/mol. The molecule has 148 valence electrons. The molecule has 0 spiro atoms. The van der Waals surface area contributed by atoms with Crippen LogP contribution in [-0.4, -0.2) is 43.9 Å². The predicted octanol–water partition coefficient (Wildman–Crippen LogP) is 2.80. The number of hydrogen-bond acceptors (Lipinski definition) is 7. The van der Waals surface area contributed by atoms with Gasteiger partial charge in [-0.3, -0.25) is 0 Å². The van der Waals surface area contributed by atoms with E-state index in [1.54, 1.807) is 0 Å². The van der Waals surface area contributed by atoms with Gasteiger partial charge in [0.05, 0.1) is 10.6 Å². The van der Waals surface area contributed by atoms with E-state index in [1.165, 1.54) is 30.7 Å². The third kappa shape index (κ3) is 3.69. The third-order valence-corrected chi connectivity index (χ3v) is 5.78. The number of hydrogen-bond donors (Lipinski definition) is 0. The van der Waals surface area contributed by atoms with Crippen molar-refractivity contribution in [2.24, 2.45) is 7.05 Å². The maximum Gasteiger partial charge on any atom is 0.433 e. The van der Waals surface area contributed by atoms with Crippen LogP contribution in [0.15, 0.2) is 29.4 Å². The topological polar surface area (TPSA) is 104 Å². The van der Waals surface area contributed by atoms with Crippen molar-refractivity contribution in [3.63, 3.8) is 0 Å². The van der Waals surface area contributed by atoms with Crippen molar-refractivity contribution >= 4 is 21.4 Å². The Morgan fingerprint density at radius 3 is 2.46 bits per heavy atom. The van der Waals surface area contributed by atoms with Gasteiger partial charge < -0.3 is 4.57 Å². The average Bonchev–Trinajstić information content (AvgIpc) is 3.02. The van der Waals surface area contributed by atoms with E-state index in [4.69, 9.17) is 11.6 Å². The van der Waals surface area contributed by atoms with E-state index in [0.29, 0.717) is 0 Å². The lowest BCUT2D eigenvalue weighted by molar-refractivity contribution is -0.141. The summed E-state index contributed by atoms with van der Waals surface area (Å²) in [6.45, 7) is 1.47. The van der Waals surface area contributed by atoms with Crippen LogP contribution >= 0.6 is 11.6 Å². The molecule has 0 atom stereocenters. The molecule has 0 radical (unpaired) electrons. The highest BCUT2D eigenvalue weighted by Crippen LogP contribution is 2.31. The Balaban J connectivity index is 2.18. The number of nitrogens with zero attached hydrogens (tertiary/aromatic N) is 6. The molecule has 13 heteroatoms. The zero-order chi connectivity index (χ0) is 20.7. The predicted molar refractivity (Wildman–Crippen MR) is 93.0 cm³/mol. The van der Waals surface area contributed by atoms with Gasteiger partial charge in [0.15, 0.2) is 21.5 Å². The maximum absolute atomic E-state index is 12.9. The zero-order valence-electron chi connectivity index (χ0n) is 14.4. The Hall–Kier alpha value is -2.60. The molecule has 28 heavy (non-hydrogen) atoms. The van der Waals surface area contributed by atoms with Crippen LogP contribution < -0.4 is 0 Å². The van der Waals surface area contributed by atoms with Crippen LogP contribution in [0, 0.1) is 0 Å². The first-order chi connectivity index (χ1) is 13.0. The summed E-state index contributed by atoms with van der Waals surface area (Å²) in [5.74, 6) is -0.198. The minimum Gasteiger partial charge on any atom is -0.307 e. The van der Waals surface area contributed by atoms with Crippen LogP contribution in [0.1, 0.15) is 12.6 Å². The largest absolute Gasteiger partial charge is 0.433 e. The standard InChI is InChI=1S/C15H12ClF3N6O2S/c1-3-28(26,27)9-4-5-11(16)22-12(9)14-24-23-13(25(14)2)8-6-10(15(17,18)19)21-7-20-8/h4-7H,3H2,1-2H3. The molecule has 0 bridgehead atoms. The minimum atomic E-state index is -4.66. The van der Waals surface area contributed by atoms with Crippen LogP contribution in [0.2, 0.25) is 5.15 Å². The second-order valence-electron chi connectivity index (χ2n) is 5.58. The molecule has 0 aliphatic heterocycles. The van der Waals surface area contributed by atoms with Crippen LogP contribution in [0.4, 0.5) is 13.2 Å². The molecular formula is C15H12ClF3N6O2S. The van der Waals surface area contributed by atoms with Crippen molar-refractivity contribution in [3.8, 4) is 23.0 Å². The Kier molecular flexibility index (Phi) is 5.10. The summed E-state index contributed by atoms with van der Waals surface area (Å²) < 4.78 is 64.7. The van der Waals surface area contributed by atoms with Crippen LogP contribution in [0.3, 0.4) is 0 Å². The molecule has 3 rings (SSSR count). The number of pyridine rings is 1. The molecule has 0 N–H and O–H groups in total. The molecule has 0 aliphatic rings. The number of alkyl halides is 3. The van der Waals surface area contributed by atoms with Gasteiger partial charge in [-0.2, -0.15) is 13.2 Å². The highest BCUT2D eigenvalue weighted by molar-refractivity contribution is 7.91. The normalized spacial score (nSPS) is 12.4. The van der Waals surface area contributed by atoms with E-state index >= 15 is 0 Å². The van der Waals surface area contributed by atoms with Gasteiger partial charge in [0, 0.05) is 7.05 Å². The van der Waals surface area contributed by atoms with Crippen molar-refractivity contribution in [1.29, 1.82) is 0 Å². The first kappa shape index (κ1) is 20.1. The van der Waals surface area contributed by atoms with E-state index in [0.717, 1.165) is 12.4 Å². The Morgan fingerprint density at radius 1 is 1.14 bits per heavy atom. The lowest BCUT2D eigenvalue weighted by Crippen LogP contribution is -2.10. The average molecular weight is 433 g/mol. The molecule has 0 fully saturated rings. The van der Waals surface area contributed by atoms with Gasteiger partial charge in [0.2, 0.25) is 0 Å². The first-order valence-corrected chi connectivity index (χ1v) is 9.76. The Labute approximate surface area is 162 Å². The van der Waals surface area contributed by atoms with Crippen LogP contribution in [0.25, 0.3) is 23.0 Å². The van der Waals surface area contributed by atoms with E-state index < -0.39 is 21.7 Å². The first-order valence-electron chi connectivity index (χ1n) is 7.73. The molecule has 0 aliphatic carbocycles. The second kappa shape index (κ2) is 7.09. The molecule has 0 saturated carbocycles. The summed E-state index contributed by atoms with van der Waals surface area (Å²) in [7, 11) is -2.22. The zero-order valence-corrected chi connectivity index (χ0v) is 16.0. The monoisotopic (exact) mass is 432 g/mol. The quantitative estimate of drug-likeness (QED) is 0.584. The molecule has 3 aromatic heterocycles. The van der Waals surface area contributed by atoms with Crippen molar-refractivity contribution in [2.45, 2.75) is 18.0 Å². The molecule has 0 aromatic carbocycles. The van der Waals surface area contributed by atoms with Crippen LogP contribution in [-0.2, 0) is 23.1 Å². The summed E-state index contributed by atoms with van der Waals surface area (Å²) >= 11 is 5.90. The maximum atomic E-state index is 12.9. The molecule has 0 amide bonds. The molecule has 8 nitrogen and oxygen atoms in total. The molecule has 3 heterocycles. The van der Waals surface area contributed by atoms with Gasteiger partial charge in [-0.05, 0) is 18.2 Å². The van der Waals surface area contributed by atoms with Crippen LogP contribution in [0.5, 0.6) is 0 Å². The fourth-order valence-electron chi connectivity index (χ4n) is 2.38. The van der Waals surface area contributed by atoms with Crippen molar-refractivity contribution in [2.75, 3.05) is 5.75 Å². The lowest BCUT2D eigenvalue weighted by Gasteiger charge is -2.09. The smallest absolute Gasteiger partial charge is 0.307 e. The summed E-state index contributed by atoms with van der Waals surface area (Å²) in [5.41, 5.74) is -1.33. The second-order valence-corrected chi connectivity index (χ2v) is 8.21. The highest BCUT2D eigenvalue weighted by Gasteiger charge is 2.33. The fraction of sp³-hybridized carbons (Fsp3) is 0.267. The number of aromatic nitrogens is 6.